The average molecular weight is 582 g/mol. The standard InChI is InChI=1S/C27H29BrFN7O2/c1-34-15-19(14-30-34)25-24(28)26(36(33-25)21-6-4-3-5-7-21)32-27(37)31-23-17-35(12-13-38-2)16-22(23)18-8-10-20(29)11-9-18/h3-11,14-15,22-23H,12-13,16-17H2,1-2H3,(H2,31,32,37)/t22-,23+/m0/s1. The Morgan fingerprint density at radius 1 is 1.16 bits per heavy atom. The van der Waals surface area contributed by atoms with Crippen LogP contribution in [0.4, 0.5) is 15.0 Å². The molecule has 1 fully saturated rings. The molecule has 0 unspecified atom stereocenters. The van der Waals surface area contributed by atoms with Crippen LogP contribution in [0, 0.1) is 5.82 Å². The van der Waals surface area contributed by atoms with Gasteiger partial charge in [-0.25, -0.2) is 13.9 Å². The summed E-state index contributed by atoms with van der Waals surface area (Å²) in [7, 11) is 3.51. The molecule has 0 aliphatic carbocycles. The molecule has 2 N–H and O–H groups in total. The highest BCUT2D eigenvalue weighted by molar-refractivity contribution is 9.10. The number of amides is 2. The minimum Gasteiger partial charge on any atom is -0.383 e. The van der Waals surface area contributed by atoms with E-state index >= 15 is 0 Å². The van der Waals surface area contributed by atoms with Gasteiger partial charge >= 0.3 is 6.03 Å². The SMILES string of the molecule is COCCN1C[C@@H](NC(=O)Nc2c(Br)c(-c3cnn(C)c3)nn2-c2ccccc2)[C@H](c2ccc(F)cc2)C1. The molecule has 5 rings (SSSR count). The lowest BCUT2D eigenvalue weighted by molar-refractivity contribution is 0.159. The molecule has 38 heavy (non-hydrogen) atoms. The molecule has 198 valence electrons. The summed E-state index contributed by atoms with van der Waals surface area (Å²) in [5, 5.41) is 15.2. The molecule has 9 nitrogen and oxygen atoms in total. The number of methoxy groups -OCH3 is 1. The number of para-hydroxylation sites is 1. The van der Waals surface area contributed by atoms with Gasteiger partial charge in [0, 0.05) is 51.5 Å². The van der Waals surface area contributed by atoms with Crippen LogP contribution in [-0.4, -0.2) is 69.9 Å². The highest BCUT2D eigenvalue weighted by Gasteiger charge is 2.35. The van der Waals surface area contributed by atoms with Gasteiger partial charge in [-0.3, -0.25) is 14.9 Å². The van der Waals surface area contributed by atoms with Crippen molar-refractivity contribution >= 4 is 27.8 Å². The normalized spacial score (nSPS) is 17.6. The number of urea groups is 1. The third-order valence-corrected chi connectivity index (χ3v) is 7.41. The number of hydrogen-bond acceptors (Lipinski definition) is 5. The van der Waals surface area contributed by atoms with E-state index in [0.717, 1.165) is 29.9 Å². The zero-order valence-corrected chi connectivity index (χ0v) is 22.7. The summed E-state index contributed by atoms with van der Waals surface area (Å²) in [6, 6.07) is 15.6. The molecule has 0 saturated carbocycles. The number of likely N-dealkylation sites (tertiary alicyclic amines) is 1. The molecule has 2 aromatic carbocycles. The van der Waals surface area contributed by atoms with E-state index in [1.807, 2.05) is 43.6 Å². The first-order valence-corrected chi connectivity index (χ1v) is 13.1. The van der Waals surface area contributed by atoms with Crippen LogP contribution in [-0.2, 0) is 11.8 Å². The number of anilines is 1. The van der Waals surface area contributed by atoms with Gasteiger partial charge in [0.1, 0.15) is 11.5 Å². The minimum atomic E-state index is -0.355. The lowest BCUT2D eigenvalue weighted by Gasteiger charge is -2.21. The number of ether oxygens (including phenoxy) is 1. The van der Waals surface area contributed by atoms with Crippen molar-refractivity contribution in [1.82, 2.24) is 29.8 Å². The number of aryl methyl sites for hydroxylation is 1. The van der Waals surface area contributed by atoms with Gasteiger partial charge in [0.15, 0.2) is 5.82 Å². The van der Waals surface area contributed by atoms with Gasteiger partial charge < -0.3 is 10.1 Å². The van der Waals surface area contributed by atoms with Crippen molar-refractivity contribution in [3.05, 3.63) is 82.8 Å². The molecule has 3 heterocycles. The molecule has 0 radical (unpaired) electrons. The number of rotatable bonds is 8. The van der Waals surface area contributed by atoms with E-state index < -0.39 is 0 Å². The molecule has 11 heteroatoms. The van der Waals surface area contributed by atoms with E-state index in [2.05, 4.69) is 36.6 Å². The number of halogens is 2. The lowest BCUT2D eigenvalue weighted by atomic mass is 9.94. The molecule has 0 bridgehead atoms. The smallest absolute Gasteiger partial charge is 0.320 e. The summed E-state index contributed by atoms with van der Waals surface area (Å²) in [6.07, 6.45) is 3.60. The van der Waals surface area contributed by atoms with Crippen LogP contribution in [0.2, 0.25) is 0 Å². The fraction of sp³-hybridized carbons (Fsp3) is 0.296. The van der Waals surface area contributed by atoms with Crippen molar-refractivity contribution in [2.24, 2.45) is 7.05 Å². The van der Waals surface area contributed by atoms with Gasteiger partial charge in [0.2, 0.25) is 0 Å². The van der Waals surface area contributed by atoms with Gasteiger partial charge in [0.25, 0.3) is 0 Å². The Kier molecular flexibility index (Phi) is 7.87. The summed E-state index contributed by atoms with van der Waals surface area (Å²) in [5.41, 5.74) is 3.26. The van der Waals surface area contributed by atoms with Crippen molar-refractivity contribution in [3.8, 4) is 16.9 Å². The minimum absolute atomic E-state index is 0.00614. The maximum Gasteiger partial charge on any atom is 0.320 e. The van der Waals surface area contributed by atoms with Crippen LogP contribution < -0.4 is 10.6 Å². The maximum atomic E-state index is 13.6. The molecule has 2 aromatic heterocycles. The zero-order valence-electron chi connectivity index (χ0n) is 21.1. The second-order valence-corrected chi connectivity index (χ2v) is 10.1. The van der Waals surface area contributed by atoms with Crippen molar-refractivity contribution in [1.29, 1.82) is 0 Å². The Balaban J connectivity index is 1.41. The summed E-state index contributed by atoms with van der Waals surface area (Å²) in [5.74, 6) is 0.223. The Labute approximate surface area is 228 Å². The first kappa shape index (κ1) is 26.1. The van der Waals surface area contributed by atoms with Crippen LogP contribution in [0.5, 0.6) is 0 Å². The quantitative estimate of drug-likeness (QED) is 0.322. The van der Waals surface area contributed by atoms with Gasteiger partial charge in [0.05, 0.1) is 29.0 Å². The largest absolute Gasteiger partial charge is 0.383 e. The second kappa shape index (κ2) is 11.5. The van der Waals surface area contributed by atoms with E-state index in [-0.39, 0.29) is 23.8 Å². The third-order valence-electron chi connectivity index (χ3n) is 6.66. The Morgan fingerprint density at radius 2 is 1.92 bits per heavy atom. The van der Waals surface area contributed by atoms with E-state index in [9.17, 15) is 9.18 Å². The number of nitrogens with zero attached hydrogens (tertiary/aromatic N) is 5. The van der Waals surface area contributed by atoms with Crippen LogP contribution >= 0.6 is 15.9 Å². The Morgan fingerprint density at radius 3 is 2.61 bits per heavy atom. The predicted molar refractivity (Wildman–Crippen MR) is 147 cm³/mol. The van der Waals surface area contributed by atoms with Gasteiger partial charge in [-0.05, 0) is 45.8 Å². The van der Waals surface area contributed by atoms with Crippen molar-refractivity contribution in [3.63, 3.8) is 0 Å². The first-order chi connectivity index (χ1) is 18.4. The number of carbonyl (C=O) groups is 1. The fourth-order valence-electron chi connectivity index (χ4n) is 4.79. The average Bonchev–Trinajstić information content (AvgIpc) is 3.61. The van der Waals surface area contributed by atoms with E-state index in [0.29, 0.717) is 29.1 Å². The van der Waals surface area contributed by atoms with E-state index in [4.69, 9.17) is 9.84 Å². The summed E-state index contributed by atoms with van der Waals surface area (Å²) >= 11 is 3.66. The molecular formula is C27H29BrFN7O2. The van der Waals surface area contributed by atoms with Crippen molar-refractivity contribution in [2.45, 2.75) is 12.0 Å². The molecular weight excluding hydrogens is 553 g/mol. The Bertz CT molecular complexity index is 1390. The molecule has 1 aliphatic rings. The predicted octanol–water partition coefficient (Wildman–Crippen LogP) is 4.41. The van der Waals surface area contributed by atoms with Gasteiger partial charge in [-0.1, -0.05) is 30.3 Å². The fourth-order valence-corrected chi connectivity index (χ4v) is 5.36. The summed E-state index contributed by atoms with van der Waals surface area (Å²) in [6.45, 7) is 2.72. The molecule has 2 atom stereocenters. The van der Waals surface area contributed by atoms with Crippen molar-refractivity contribution < 1.29 is 13.9 Å². The van der Waals surface area contributed by atoms with Crippen LogP contribution in [0.1, 0.15) is 11.5 Å². The van der Waals surface area contributed by atoms with Gasteiger partial charge in [-0.15, -0.1) is 0 Å². The number of hydrogen-bond donors (Lipinski definition) is 2. The number of carbonyl (C=O) groups excluding carboxylic acids is 1. The zero-order chi connectivity index (χ0) is 26.6. The molecule has 1 saturated heterocycles. The molecule has 0 spiro atoms. The van der Waals surface area contributed by atoms with Gasteiger partial charge in [-0.2, -0.15) is 10.2 Å². The Hall–Kier alpha value is -3.54. The number of nitrogens with one attached hydrogen (secondary N) is 2. The lowest BCUT2D eigenvalue weighted by Crippen LogP contribution is -2.42. The third kappa shape index (κ3) is 5.64. The van der Waals surface area contributed by atoms with Crippen LogP contribution in [0.15, 0.2) is 71.5 Å². The number of aromatic nitrogens is 4. The molecule has 4 aromatic rings. The number of benzene rings is 2. The topological polar surface area (TPSA) is 89.2 Å². The van der Waals surface area contributed by atoms with E-state index in [1.165, 1.54) is 12.1 Å². The van der Waals surface area contributed by atoms with Crippen molar-refractivity contribution in [2.75, 3.05) is 38.7 Å². The van der Waals surface area contributed by atoms with Crippen LogP contribution in [0.3, 0.4) is 0 Å². The maximum absolute atomic E-state index is 13.6. The first-order valence-electron chi connectivity index (χ1n) is 12.3. The monoisotopic (exact) mass is 581 g/mol. The molecule has 1 aliphatic heterocycles. The second-order valence-electron chi connectivity index (χ2n) is 9.28. The molecule has 2 amide bonds. The van der Waals surface area contributed by atoms with Crippen LogP contribution in [0.25, 0.3) is 16.9 Å². The summed E-state index contributed by atoms with van der Waals surface area (Å²) in [4.78, 5) is 15.6. The van der Waals surface area contributed by atoms with E-state index in [1.54, 1.807) is 34.8 Å². The highest BCUT2D eigenvalue weighted by atomic mass is 79.9. The summed E-state index contributed by atoms with van der Waals surface area (Å²) < 4.78 is 22.9. The highest BCUT2D eigenvalue weighted by Crippen LogP contribution is 2.35.